The number of para-hydroxylation sites is 1. The molecule has 5 nitrogen and oxygen atoms in total. The monoisotopic (exact) mass is 367 g/mol. The first-order valence-corrected chi connectivity index (χ1v) is 8.58. The summed E-state index contributed by atoms with van der Waals surface area (Å²) >= 11 is 0. The molecule has 25 heavy (non-hydrogen) atoms. The fourth-order valence-electron chi connectivity index (χ4n) is 2.37. The maximum Gasteiger partial charge on any atom is 0.282 e. The second-order valence-electron chi connectivity index (χ2n) is 5.19. The summed E-state index contributed by atoms with van der Waals surface area (Å²) in [4.78, 5) is -0.670. The highest BCUT2D eigenvalue weighted by molar-refractivity contribution is 7.89. The number of benzene rings is 2. The third-order valence-corrected chi connectivity index (χ3v) is 4.43. The van der Waals surface area contributed by atoms with Crippen LogP contribution in [0.15, 0.2) is 59.5 Å². The Kier molecular flexibility index (Phi) is 4.36. The van der Waals surface area contributed by atoms with Gasteiger partial charge in [-0.05, 0) is 30.3 Å². The SMILES string of the molecule is NS(=O)(=O)c1ccc(-c2cc(C(F)F)nn2-c2ccccc2)cc1F. The molecule has 1 aromatic heterocycles. The number of sulfonamides is 1. The number of halogens is 3. The van der Waals surface area contributed by atoms with E-state index in [-0.39, 0.29) is 11.3 Å². The third-order valence-electron chi connectivity index (χ3n) is 3.49. The number of nitrogens with two attached hydrogens (primary N) is 1. The highest BCUT2D eigenvalue weighted by Crippen LogP contribution is 2.29. The Bertz CT molecular complexity index is 1020. The van der Waals surface area contributed by atoms with E-state index in [1.54, 1.807) is 30.3 Å². The van der Waals surface area contributed by atoms with Crippen molar-refractivity contribution in [1.29, 1.82) is 0 Å². The number of rotatable bonds is 4. The van der Waals surface area contributed by atoms with E-state index in [1.807, 2.05) is 0 Å². The summed E-state index contributed by atoms with van der Waals surface area (Å²) in [5.74, 6) is -1.07. The van der Waals surface area contributed by atoms with Gasteiger partial charge in [-0.1, -0.05) is 24.3 Å². The molecule has 0 saturated carbocycles. The van der Waals surface area contributed by atoms with Gasteiger partial charge in [-0.2, -0.15) is 5.10 Å². The Balaban J connectivity index is 2.19. The maximum atomic E-state index is 14.1. The van der Waals surface area contributed by atoms with Crippen LogP contribution in [0.1, 0.15) is 12.1 Å². The van der Waals surface area contributed by atoms with Crippen molar-refractivity contribution in [1.82, 2.24) is 9.78 Å². The van der Waals surface area contributed by atoms with Crippen molar-refractivity contribution in [3.63, 3.8) is 0 Å². The van der Waals surface area contributed by atoms with Gasteiger partial charge in [-0.25, -0.2) is 31.4 Å². The zero-order valence-electron chi connectivity index (χ0n) is 12.6. The van der Waals surface area contributed by atoms with Crippen LogP contribution in [-0.4, -0.2) is 18.2 Å². The zero-order chi connectivity index (χ0) is 18.2. The molecule has 1 heterocycles. The first-order valence-electron chi connectivity index (χ1n) is 7.03. The van der Waals surface area contributed by atoms with E-state index < -0.39 is 32.9 Å². The predicted molar refractivity (Wildman–Crippen MR) is 85.3 cm³/mol. The van der Waals surface area contributed by atoms with Gasteiger partial charge < -0.3 is 0 Å². The molecule has 0 aliphatic heterocycles. The van der Waals surface area contributed by atoms with Crippen LogP contribution in [-0.2, 0) is 10.0 Å². The van der Waals surface area contributed by atoms with E-state index >= 15 is 0 Å². The van der Waals surface area contributed by atoms with Gasteiger partial charge in [0.2, 0.25) is 10.0 Å². The quantitative estimate of drug-likeness (QED) is 0.769. The van der Waals surface area contributed by atoms with E-state index in [0.29, 0.717) is 5.69 Å². The van der Waals surface area contributed by atoms with Crippen molar-refractivity contribution in [3.05, 3.63) is 66.1 Å². The Morgan fingerprint density at radius 2 is 1.72 bits per heavy atom. The molecule has 0 saturated heterocycles. The molecule has 3 rings (SSSR count). The first kappa shape index (κ1) is 17.2. The number of hydrogen-bond acceptors (Lipinski definition) is 3. The minimum absolute atomic E-state index is 0.188. The molecule has 0 spiro atoms. The fourth-order valence-corrected chi connectivity index (χ4v) is 2.96. The Labute approximate surface area is 141 Å². The van der Waals surface area contributed by atoms with Gasteiger partial charge in [0.25, 0.3) is 6.43 Å². The van der Waals surface area contributed by atoms with E-state index in [4.69, 9.17) is 5.14 Å². The van der Waals surface area contributed by atoms with Gasteiger partial charge in [-0.15, -0.1) is 0 Å². The lowest BCUT2D eigenvalue weighted by atomic mass is 10.1. The summed E-state index contributed by atoms with van der Waals surface area (Å²) in [5.41, 5.74) is 0.407. The van der Waals surface area contributed by atoms with Crippen molar-refractivity contribution in [2.45, 2.75) is 11.3 Å². The van der Waals surface area contributed by atoms with Gasteiger partial charge in [0, 0.05) is 5.56 Å². The van der Waals surface area contributed by atoms with E-state index in [1.165, 1.54) is 10.7 Å². The van der Waals surface area contributed by atoms with Gasteiger partial charge in [0.1, 0.15) is 16.4 Å². The van der Waals surface area contributed by atoms with E-state index in [2.05, 4.69) is 5.10 Å². The van der Waals surface area contributed by atoms with Crippen LogP contribution in [0.2, 0.25) is 0 Å². The smallest absolute Gasteiger partial charge is 0.233 e. The number of primary sulfonamides is 1. The predicted octanol–water partition coefficient (Wildman–Crippen LogP) is 3.26. The van der Waals surface area contributed by atoms with Crippen molar-refractivity contribution >= 4 is 10.0 Å². The molecule has 0 bridgehead atoms. The summed E-state index contributed by atoms with van der Waals surface area (Å²) in [6.45, 7) is 0. The van der Waals surface area contributed by atoms with Crippen molar-refractivity contribution in [2.75, 3.05) is 0 Å². The zero-order valence-corrected chi connectivity index (χ0v) is 13.4. The second-order valence-corrected chi connectivity index (χ2v) is 6.72. The van der Waals surface area contributed by atoms with Gasteiger partial charge in [0.15, 0.2) is 0 Å². The number of hydrogen-bond donors (Lipinski definition) is 1. The topological polar surface area (TPSA) is 78.0 Å². The van der Waals surface area contributed by atoms with Crippen LogP contribution >= 0.6 is 0 Å². The summed E-state index contributed by atoms with van der Waals surface area (Å²) in [7, 11) is -4.22. The molecule has 0 atom stereocenters. The minimum Gasteiger partial charge on any atom is -0.233 e. The highest BCUT2D eigenvalue weighted by Gasteiger charge is 2.20. The largest absolute Gasteiger partial charge is 0.282 e. The first-order chi connectivity index (χ1) is 11.8. The average Bonchev–Trinajstić information content (AvgIpc) is 3.00. The highest BCUT2D eigenvalue weighted by atomic mass is 32.2. The normalized spacial score (nSPS) is 11.9. The van der Waals surface area contributed by atoms with Crippen molar-refractivity contribution in [2.24, 2.45) is 5.14 Å². The molecular formula is C16H12F3N3O2S. The van der Waals surface area contributed by atoms with Crippen molar-refractivity contribution < 1.29 is 21.6 Å². The molecule has 3 aromatic rings. The van der Waals surface area contributed by atoms with Crippen LogP contribution < -0.4 is 5.14 Å². The summed E-state index contributed by atoms with van der Waals surface area (Å²) in [6.07, 6.45) is -2.81. The standard InChI is InChI=1S/C16H12F3N3O2S/c17-12-8-10(6-7-15(12)25(20,23)24)14-9-13(16(18)19)21-22(14)11-4-2-1-3-5-11/h1-9,16H,(H2,20,23,24). The van der Waals surface area contributed by atoms with Crippen LogP contribution in [0.3, 0.4) is 0 Å². The van der Waals surface area contributed by atoms with Gasteiger partial charge in [0.05, 0.1) is 11.4 Å². The molecule has 0 fully saturated rings. The van der Waals surface area contributed by atoms with Crippen LogP contribution in [0.25, 0.3) is 16.9 Å². The number of aromatic nitrogens is 2. The summed E-state index contributed by atoms with van der Waals surface area (Å²) in [5, 5.41) is 8.79. The molecular weight excluding hydrogens is 355 g/mol. The lowest BCUT2D eigenvalue weighted by Gasteiger charge is -2.08. The molecule has 2 aromatic carbocycles. The van der Waals surface area contributed by atoms with Gasteiger partial charge in [-0.3, -0.25) is 0 Å². The third kappa shape index (κ3) is 3.42. The van der Waals surface area contributed by atoms with Crippen LogP contribution in [0.4, 0.5) is 13.2 Å². The molecule has 0 amide bonds. The fraction of sp³-hybridized carbons (Fsp3) is 0.0625. The number of alkyl halides is 2. The summed E-state index contributed by atoms with van der Waals surface area (Å²) in [6, 6.07) is 12.8. The molecule has 2 N–H and O–H groups in total. The molecule has 130 valence electrons. The van der Waals surface area contributed by atoms with E-state index in [9.17, 15) is 21.6 Å². The van der Waals surface area contributed by atoms with Gasteiger partial charge >= 0.3 is 0 Å². The van der Waals surface area contributed by atoms with Crippen molar-refractivity contribution in [3.8, 4) is 16.9 Å². The maximum absolute atomic E-state index is 14.1. The minimum atomic E-state index is -4.22. The lowest BCUT2D eigenvalue weighted by molar-refractivity contribution is 0.145. The van der Waals surface area contributed by atoms with Crippen LogP contribution in [0, 0.1) is 5.82 Å². The Hall–Kier alpha value is -2.65. The molecule has 0 radical (unpaired) electrons. The lowest BCUT2D eigenvalue weighted by Crippen LogP contribution is -2.14. The van der Waals surface area contributed by atoms with E-state index in [0.717, 1.165) is 18.2 Å². The molecule has 9 heteroatoms. The summed E-state index contributed by atoms with van der Waals surface area (Å²) < 4.78 is 64.0. The molecule has 0 aliphatic carbocycles. The second kappa shape index (κ2) is 6.34. The Morgan fingerprint density at radius 3 is 2.28 bits per heavy atom. The Morgan fingerprint density at radius 1 is 1.04 bits per heavy atom. The average molecular weight is 367 g/mol. The number of nitrogens with zero attached hydrogens (tertiary/aromatic N) is 2. The molecule has 0 unspecified atom stereocenters. The van der Waals surface area contributed by atoms with Crippen LogP contribution in [0.5, 0.6) is 0 Å². The molecule has 0 aliphatic rings.